The Morgan fingerprint density at radius 2 is 2.12 bits per heavy atom. The summed E-state index contributed by atoms with van der Waals surface area (Å²) in [5.74, 6) is 0.430. The van der Waals surface area contributed by atoms with Crippen LogP contribution in [0.3, 0.4) is 0 Å². The Morgan fingerprint density at radius 3 is 2.76 bits per heavy atom. The second kappa shape index (κ2) is 5.27. The van der Waals surface area contributed by atoms with Crippen LogP contribution in [-0.2, 0) is 0 Å². The Hall–Kier alpha value is -1.43. The Kier molecular flexibility index (Phi) is 3.73. The van der Waals surface area contributed by atoms with Crippen molar-refractivity contribution in [2.24, 2.45) is 0 Å². The van der Waals surface area contributed by atoms with Crippen LogP contribution >= 0.6 is 22.6 Å². The lowest BCUT2D eigenvalue weighted by Crippen LogP contribution is -2.12. The number of aromatic nitrogens is 1. The molecular formula is C13H11IN2O. The largest absolute Gasteiger partial charge is 0.307 e. The Morgan fingerprint density at radius 1 is 1.29 bits per heavy atom. The summed E-state index contributed by atoms with van der Waals surface area (Å²) in [6.45, 7) is 1.96. The van der Waals surface area contributed by atoms with Gasteiger partial charge in [0.25, 0.3) is 5.91 Å². The molecular weight excluding hydrogens is 327 g/mol. The molecule has 4 heteroatoms. The van der Waals surface area contributed by atoms with Gasteiger partial charge in [-0.05, 0) is 59.3 Å². The van der Waals surface area contributed by atoms with Crippen molar-refractivity contribution in [1.82, 2.24) is 4.98 Å². The molecule has 1 amide bonds. The zero-order chi connectivity index (χ0) is 12.3. The number of nitrogens with one attached hydrogen (secondary N) is 1. The third kappa shape index (κ3) is 3.26. The fourth-order valence-corrected chi connectivity index (χ4v) is 1.90. The van der Waals surface area contributed by atoms with Gasteiger partial charge in [-0.15, -0.1) is 0 Å². The van der Waals surface area contributed by atoms with E-state index in [4.69, 9.17) is 0 Å². The second-order valence-electron chi connectivity index (χ2n) is 3.69. The SMILES string of the molecule is Cc1ccc(NC(=O)c2cccc(I)c2)nc1. The molecule has 0 saturated heterocycles. The highest BCUT2D eigenvalue weighted by molar-refractivity contribution is 14.1. The molecule has 0 unspecified atom stereocenters. The van der Waals surface area contributed by atoms with E-state index < -0.39 is 0 Å². The molecule has 1 aromatic carbocycles. The van der Waals surface area contributed by atoms with Crippen LogP contribution < -0.4 is 5.32 Å². The van der Waals surface area contributed by atoms with Gasteiger partial charge in [-0.25, -0.2) is 4.98 Å². The molecule has 86 valence electrons. The third-order valence-corrected chi connectivity index (χ3v) is 2.91. The first-order chi connectivity index (χ1) is 8.15. The molecule has 0 aliphatic carbocycles. The van der Waals surface area contributed by atoms with Crippen LogP contribution in [-0.4, -0.2) is 10.9 Å². The lowest BCUT2D eigenvalue weighted by Gasteiger charge is -2.04. The van der Waals surface area contributed by atoms with E-state index in [0.29, 0.717) is 11.4 Å². The lowest BCUT2D eigenvalue weighted by molar-refractivity contribution is 0.102. The fourth-order valence-electron chi connectivity index (χ4n) is 1.36. The number of hydrogen-bond acceptors (Lipinski definition) is 2. The molecule has 1 N–H and O–H groups in total. The van der Waals surface area contributed by atoms with E-state index in [1.807, 2.05) is 31.2 Å². The molecule has 17 heavy (non-hydrogen) atoms. The number of amides is 1. The van der Waals surface area contributed by atoms with Crippen molar-refractivity contribution in [2.45, 2.75) is 6.92 Å². The minimum Gasteiger partial charge on any atom is -0.307 e. The molecule has 2 rings (SSSR count). The van der Waals surface area contributed by atoms with Crippen molar-refractivity contribution in [3.8, 4) is 0 Å². The molecule has 0 bridgehead atoms. The van der Waals surface area contributed by atoms with Gasteiger partial charge in [0.2, 0.25) is 0 Å². The summed E-state index contributed by atoms with van der Waals surface area (Å²) in [6, 6.07) is 11.1. The number of nitrogens with zero attached hydrogens (tertiary/aromatic N) is 1. The maximum atomic E-state index is 11.9. The highest BCUT2D eigenvalue weighted by Crippen LogP contribution is 2.10. The van der Waals surface area contributed by atoms with Crippen LogP contribution in [0.25, 0.3) is 0 Å². The molecule has 1 aromatic heterocycles. The minimum absolute atomic E-state index is 0.139. The number of anilines is 1. The van der Waals surface area contributed by atoms with Gasteiger partial charge in [0.1, 0.15) is 5.82 Å². The fraction of sp³-hybridized carbons (Fsp3) is 0.0769. The number of rotatable bonds is 2. The Balaban J connectivity index is 2.14. The first-order valence-corrected chi connectivity index (χ1v) is 6.22. The monoisotopic (exact) mass is 338 g/mol. The van der Waals surface area contributed by atoms with Crippen LogP contribution in [0, 0.1) is 10.5 Å². The zero-order valence-electron chi connectivity index (χ0n) is 9.27. The van der Waals surface area contributed by atoms with Gasteiger partial charge in [0.05, 0.1) is 0 Å². The summed E-state index contributed by atoms with van der Waals surface area (Å²) >= 11 is 2.18. The standard InChI is InChI=1S/C13H11IN2O/c1-9-5-6-12(15-8-9)16-13(17)10-3-2-4-11(14)7-10/h2-8H,1H3,(H,15,16,17). The van der Waals surface area contributed by atoms with Crippen LogP contribution in [0.4, 0.5) is 5.82 Å². The molecule has 0 saturated carbocycles. The maximum absolute atomic E-state index is 11.9. The summed E-state index contributed by atoms with van der Waals surface area (Å²) in [5.41, 5.74) is 1.71. The Bertz CT molecular complexity index is 537. The van der Waals surface area contributed by atoms with Crippen LogP contribution in [0.2, 0.25) is 0 Å². The van der Waals surface area contributed by atoms with Gasteiger partial charge in [-0.2, -0.15) is 0 Å². The van der Waals surface area contributed by atoms with E-state index in [9.17, 15) is 4.79 Å². The summed E-state index contributed by atoms with van der Waals surface area (Å²) in [6.07, 6.45) is 1.73. The molecule has 2 aromatic rings. The van der Waals surface area contributed by atoms with Gasteiger partial charge in [-0.3, -0.25) is 4.79 Å². The molecule has 0 spiro atoms. The maximum Gasteiger partial charge on any atom is 0.256 e. The van der Waals surface area contributed by atoms with Crippen molar-refractivity contribution in [1.29, 1.82) is 0 Å². The average molecular weight is 338 g/mol. The number of pyridine rings is 1. The first kappa shape index (κ1) is 12.0. The molecule has 0 radical (unpaired) electrons. The second-order valence-corrected chi connectivity index (χ2v) is 4.93. The van der Waals surface area contributed by atoms with Gasteiger partial charge in [-0.1, -0.05) is 12.1 Å². The van der Waals surface area contributed by atoms with E-state index in [1.54, 1.807) is 18.3 Å². The van der Waals surface area contributed by atoms with E-state index in [2.05, 4.69) is 32.9 Å². The van der Waals surface area contributed by atoms with Crippen LogP contribution in [0.15, 0.2) is 42.6 Å². The van der Waals surface area contributed by atoms with Crippen molar-refractivity contribution in [3.63, 3.8) is 0 Å². The minimum atomic E-state index is -0.139. The number of benzene rings is 1. The Labute approximate surface area is 113 Å². The normalized spacial score (nSPS) is 10.0. The van der Waals surface area contributed by atoms with Crippen molar-refractivity contribution >= 4 is 34.3 Å². The lowest BCUT2D eigenvalue weighted by atomic mass is 10.2. The number of hydrogen-bond donors (Lipinski definition) is 1. The van der Waals surface area contributed by atoms with E-state index in [-0.39, 0.29) is 5.91 Å². The highest BCUT2D eigenvalue weighted by Gasteiger charge is 2.06. The van der Waals surface area contributed by atoms with Crippen LogP contribution in [0.1, 0.15) is 15.9 Å². The number of halogens is 1. The van der Waals surface area contributed by atoms with E-state index in [0.717, 1.165) is 9.13 Å². The van der Waals surface area contributed by atoms with Crippen molar-refractivity contribution in [2.75, 3.05) is 5.32 Å². The average Bonchev–Trinajstić information content (AvgIpc) is 2.32. The van der Waals surface area contributed by atoms with Gasteiger partial charge in [0, 0.05) is 15.3 Å². The molecule has 0 aliphatic heterocycles. The van der Waals surface area contributed by atoms with Crippen molar-refractivity contribution < 1.29 is 4.79 Å². The van der Waals surface area contributed by atoms with E-state index >= 15 is 0 Å². The highest BCUT2D eigenvalue weighted by atomic mass is 127. The topological polar surface area (TPSA) is 42.0 Å². The van der Waals surface area contributed by atoms with Gasteiger partial charge < -0.3 is 5.32 Å². The van der Waals surface area contributed by atoms with Crippen LogP contribution in [0.5, 0.6) is 0 Å². The van der Waals surface area contributed by atoms with Crippen molar-refractivity contribution in [3.05, 3.63) is 57.3 Å². The predicted octanol–water partition coefficient (Wildman–Crippen LogP) is 3.25. The third-order valence-electron chi connectivity index (χ3n) is 2.24. The van der Waals surface area contributed by atoms with E-state index in [1.165, 1.54) is 0 Å². The molecule has 0 fully saturated rings. The number of carbonyl (C=O) groups is 1. The summed E-state index contributed by atoms with van der Waals surface area (Å²) in [5, 5.41) is 2.76. The molecule has 1 heterocycles. The molecule has 0 aliphatic rings. The first-order valence-electron chi connectivity index (χ1n) is 5.15. The predicted molar refractivity (Wildman–Crippen MR) is 76.1 cm³/mol. The smallest absolute Gasteiger partial charge is 0.256 e. The quantitative estimate of drug-likeness (QED) is 0.854. The molecule has 0 atom stereocenters. The number of carbonyl (C=O) groups excluding carboxylic acids is 1. The summed E-state index contributed by atoms with van der Waals surface area (Å²) < 4.78 is 1.03. The van der Waals surface area contributed by atoms with Gasteiger partial charge >= 0.3 is 0 Å². The number of aryl methyl sites for hydroxylation is 1. The molecule has 3 nitrogen and oxygen atoms in total. The van der Waals surface area contributed by atoms with Gasteiger partial charge in [0.15, 0.2) is 0 Å². The summed E-state index contributed by atoms with van der Waals surface area (Å²) in [4.78, 5) is 16.0. The summed E-state index contributed by atoms with van der Waals surface area (Å²) in [7, 11) is 0. The zero-order valence-corrected chi connectivity index (χ0v) is 11.4.